The van der Waals surface area contributed by atoms with E-state index in [1.807, 2.05) is 11.8 Å². The summed E-state index contributed by atoms with van der Waals surface area (Å²) in [7, 11) is 0. The molecular formula is C13H24BrN3O2. The van der Waals surface area contributed by atoms with Gasteiger partial charge < -0.3 is 10.2 Å². The summed E-state index contributed by atoms with van der Waals surface area (Å²) in [6.07, 6.45) is 2.63. The number of nitrogens with zero attached hydrogens (tertiary/aromatic N) is 2. The quantitative estimate of drug-likeness (QED) is 0.554. The number of carbonyl (C=O) groups excluding carboxylic acids is 2. The van der Waals surface area contributed by atoms with Crippen LogP contribution < -0.4 is 5.32 Å². The first-order valence-electron chi connectivity index (χ1n) is 7.00. The molecule has 2 amide bonds. The van der Waals surface area contributed by atoms with E-state index in [0.717, 1.165) is 44.4 Å². The van der Waals surface area contributed by atoms with Crippen molar-refractivity contribution in [1.29, 1.82) is 0 Å². The van der Waals surface area contributed by atoms with Crippen molar-refractivity contribution in [1.82, 2.24) is 15.1 Å². The van der Waals surface area contributed by atoms with Crippen LogP contribution in [0.4, 0.5) is 0 Å². The molecule has 0 spiro atoms. The largest absolute Gasteiger partial charge is 0.355 e. The van der Waals surface area contributed by atoms with Crippen LogP contribution in [-0.2, 0) is 9.59 Å². The van der Waals surface area contributed by atoms with Gasteiger partial charge in [-0.1, -0.05) is 15.9 Å². The summed E-state index contributed by atoms with van der Waals surface area (Å²) in [4.78, 5) is 27.4. The molecule has 19 heavy (non-hydrogen) atoms. The van der Waals surface area contributed by atoms with Crippen LogP contribution in [0.25, 0.3) is 0 Å². The van der Waals surface area contributed by atoms with Gasteiger partial charge in [-0.05, 0) is 19.8 Å². The smallest absolute Gasteiger partial charge is 0.234 e. The van der Waals surface area contributed by atoms with Crippen molar-refractivity contribution >= 4 is 27.7 Å². The molecule has 1 rings (SSSR count). The highest BCUT2D eigenvalue weighted by atomic mass is 79.9. The number of hydrogen-bond acceptors (Lipinski definition) is 3. The molecule has 0 aromatic rings. The van der Waals surface area contributed by atoms with Gasteiger partial charge in [-0.25, -0.2) is 0 Å². The minimum Gasteiger partial charge on any atom is -0.355 e. The van der Waals surface area contributed by atoms with Crippen molar-refractivity contribution in [2.24, 2.45) is 0 Å². The Morgan fingerprint density at radius 1 is 1.16 bits per heavy atom. The highest BCUT2D eigenvalue weighted by molar-refractivity contribution is 9.09. The second-order valence-corrected chi connectivity index (χ2v) is 5.55. The number of carbonyl (C=O) groups is 2. The summed E-state index contributed by atoms with van der Waals surface area (Å²) in [5.41, 5.74) is 0. The van der Waals surface area contributed by atoms with Gasteiger partial charge in [0.1, 0.15) is 0 Å². The molecule has 0 unspecified atom stereocenters. The molecule has 0 aromatic carbocycles. The number of likely N-dealkylation sites (N-methyl/N-ethyl adjacent to an activating group) is 1. The summed E-state index contributed by atoms with van der Waals surface area (Å²) >= 11 is 3.37. The van der Waals surface area contributed by atoms with Crippen LogP contribution in [0, 0.1) is 0 Å². The fraction of sp³-hybridized carbons (Fsp3) is 0.846. The Morgan fingerprint density at radius 3 is 2.42 bits per heavy atom. The highest BCUT2D eigenvalue weighted by Crippen LogP contribution is 2.07. The maximum absolute atomic E-state index is 11.9. The SMILES string of the molecule is CCNC(=O)CN1CCN(C(=O)CCCCBr)CC1. The van der Waals surface area contributed by atoms with Crippen LogP contribution in [0.15, 0.2) is 0 Å². The van der Waals surface area contributed by atoms with Crippen LogP contribution in [-0.4, -0.2) is 66.2 Å². The summed E-state index contributed by atoms with van der Waals surface area (Å²) in [6, 6.07) is 0. The fourth-order valence-corrected chi connectivity index (χ4v) is 2.54. The molecule has 1 aliphatic rings. The molecule has 6 heteroatoms. The number of nitrogens with one attached hydrogen (secondary N) is 1. The van der Waals surface area contributed by atoms with Crippen molar-refractivity contribution in [2.75, 3.05) is 44.6 Å². The molecule has 1 heterocycles. The maximum Gasteiger partial charge on any atom is 0.234 e. The Balaban J connectivity index is 2.21. The van der Waals surface area contributed by atoms with Gasteiger partial charge in [-0.3, -0.25) is 14.5 Å². The Bertz CT molecular complexity index is 292. The molecule has 0 aliphatic carbocycles. The molecule has 1 fully saturated rings. The van der Waals surface area contributed by atoms with Crippen LogP contribution in [0.3, 0.4) is 0 Å². The number of halogens is 1. The van der Waals surface area contributed by atoms with E-state index in [-0.39, 0.29) is 11.8 Å². The monoisotopic (exact) mass is 333 g/mol. The van der Waals surface area contributed by atoms with E-state index in [2.05, 4.69) is 26.1 Å². The van der Waals surface area contributed by atoms with Gasteiger partial charge in [-0.2, -0.15) is 0 Å². The summed E-state index contributed by atoms with van der Waals surface area (Å²) in [5, 5.41) is 3.75. The van der Waals surface area contributed by atoms with E-state index in [4.69, 9.17) is 0 Å². The molecular weight excluding hydrogens is 310 g/mol. The van der Waals surface area contributed by atoms with Crippen molar-refractivity contribution in [3.8, 4) is 0 Å². The lowest BCUT2D eigenvalue weighted by Gasteiger charge is -2.34. The van der Waals surface area contributed by atoms with Crippen LogP contribution in [0.2, 0.25) is 0 Å². The van der Waals surface area contributed by atoms with E-state index in [1.165, 1.54) is 0 Å². The molecule has 0 saturated carbocycles. The predicted molar refractivity (Wildman–Crippen MR) is 79.3 cm³/mol. The molecule has 0 aromatic heterocycles. The highest BCUT2D eigenvalue weighted by Gasteiger charge is 2.21. The van der Waals surface area contributed by atoms with E-state index in [1.54, 1.807) is 0 Å². The Morgan fingerprint density at radius 2 is 1.84 bits per heavy atom. The Kier molecular flexibility index (Phi) is 8.05. The Hall–Kier alpha value is -0.620. The van der Waals surface area contributed by atoms with Crippen molar-refractivity contribution in [3.63, 3.8) is 0 Å². The van der Waals surface area contributed by atoms with Crippen LogP contribution in [0.1, 0.15) is 26.2 Å². The average Bonchev–Trinajstić information content (AvgIpc) is 2.40. The molecule has 5 nitrogen and oxygen atoms in total. The normalized spacial score (nSPS) is 16.4. The minimum atomic E-state index is 0.0691. The fourth-order valence-electron chi connectivity index (χ4n) is 2.14. The zero-order valence-corrected chi connectivity index (χ0v) is 13.2. The third kappa shape index (κ3) is 6.38. The lowest BCUT2D eigenvalue weighted by molar-refractivity contribution is -0.133. The third-order valence-electron chi connectivity index (χ3n) is 3.24. The van der Waals surface area contributed by atoms with Gasteiger partial charge in [0.2, 0.25) is 11.8 Å². The van der Waals surface area contributed by atoms with Crippen molar-refractivity contribution in [3.05, 3.63) is 0 Å². The second-order valence-electron chi connectivity index (χ2n) is 4.76. The number of hydrogen-bond donors (Lipinski definition) is 1. The van der Waals surface area contributed by atoms with Gasteiger partial charge in [0.05, 0.1) is 6.54 Å². The number of alkyl halides is 1. The summed E-state index contributed by atoms with van der Waals surface area (Å²) in [6.45, 7) is 6.10. The first-order valence-corrected chi connectivity index (χ1v) is 8.12. The topological polar surface area (TPSA) is 52.7 Å². The zero-order chi connectivity index (χ0) is 14.1. The van der Waals surface area contributed by atoms with Gasteiger partial charge >= 0.3 is 0 Å². The molecule has 110 valence electrons. The maximum atomic E-state index is 11.9. The summed E-state index contributed by atoms with van der Waals surface area (Å²) < 4.78 is 0. The standard InChI is InChI=1S/C13H24BrN3O2/c1-2-15-12(18)11-16-7-9-17(10-8-16)13(19)5-3-4-6-14/h2-11H2,1H3,(H,15,18). The van der Waals surface area contributed by atoms with Crippen LogP contribution in [0.5, 0.6) is 0 Å². The van der Waals surface area contributed by atoms with E-state index in [9.17, 15) is 9.59 Å². The first kappa shape index (κ1) is 16.4. The first-order chi connectivity index (χ1) is 9.17. The lowest BCUT2D eigenvalue weighted by atomic mass is 10.2. The molecule has 0 bridgehead atoms. The van der Waals surface area contributed by atoms with Gasteiger partial charge in [0.25, 0.3) is 0 Å². The molecule has 1 N–H and O–H groups in total. The van der Waals surface area contributed by atoms with Crippen molar-refractivity contribution in [2.45, 2.75) is 26.2 Å². The molecule has 1 saturated heterocycles. The van der Waals surface area contributed by atoms with Crippen LogP contribution >= 0.6 is 15.9 Å². The van der Waals surface area contributed by atoms with Crippen molar-refractivity contribution < 1.29 is 9.59 Å². The minimum absolute atomic E-state index is 0.0691. The van der Waals surface area contributed by atoms with E-state index >= 15 is 0 Å². The van der Waals surface area contributed by atoms with Gasteiger partial charge in [0.15, 0.2) is 0 Å². The average molecular weight is 334 g/mol. The number of unbranched alkanes of at least 4 members (excludes halogenated alkanes) is 1. The number of amides is 2. The summed E-state index contributed by atoms with van der Waals surface area (Å²) in [5.74, 6) is 0.318. The molecule has 1 aliphatic heterocycles. The molecule has 0 atom stereocenters. The lowest BCUT2D eigenvalue weighted by Crippen LogP contribution is -2.51. The van der Waals surface area contributed by atoms with E-state index < -0.39 is 0 Å². The number of piperazine rings is 1. The number of rotatable bonds is 7. The zero-order valence-electron chi connectivity index (χ0n) is 11.7. The van der Waals surface area contributed by atoms with Gasteiger partial charge in [-0.15, -0.1) is 0 Å². The van der Waals surface area contributed by atoms with E-state index in [0.29, 0.717) is 19.5 Å². The molecule has 0 radical (unpaired) electrons. The predicted octanol–water partition coefficient (Wildman–Crippen LogP) is 0.832. The van der Waals surface area contributed by atoms with Gasteiger partial charge in [0, 0.05) is 44.5 Å². The third-order valence-corrected chi connectivity index (χ3v) is 3.80. The Labute approximate surface area is 123 Å². The second kappa shape index (κ2) is 9.31.